The normalized spacial score (nSPS) is 18.8. The zero-order chi connectivity index (χ0) is 18.1. The molecule has 1 atom stereocenters. The lowest BCUT2D eigenvalue weighted by atomic mass is 9.88. The Kier molecular flexibility index (Phi) is 7.72. The minimum Gasteiger partial charge on any atom is -0.381 e. The SMILES string of the molecule is CN=C(NCC1(N(C)C)CCOCC1)NC(C)CCc1ccccc1. The maximum atomic E-state index is 5.55. The van der Waals surface area contributed by atoms with Gasteiger partial charge >= 0.3 is 0 Å². The Morgan fingerprint density at radius 3 is 2.52 bits per heavy atom. The number of rotatable bonds is 7. The van der Waals surface area contributed by atoms with Gasteiger partial charge in [0.05, 0.1) is 0 Å². The topological polar surface area (TPSA) is 48.9 Å². The second-order valence-electron chi connectivity index (χ2n) is 7.23. The number of nitrogens with one attached hydrogen (secondary N) is 2. The van der Waals surface area contributed by atoms with Crippen molar-refractivity contribution in [3.05, 3.63) is 35.9 Å². The molecule has 2 N–H and O–H groups in total. The van der Waals surface area contributed by atoms with Crippen LogP contribution in [-0.4, -0.2) is 63.3 Å². The third-order valence-electron chi connectivity index (χ3n) is 5.27. The molecule has 0 spiro atoms. The second kappa shape index (κ2) is 9.78. The van der Waals surface area contributed by atoms with Crippen molar-refractivity contribution in [2.75, 3.05) is 40.9 Å². The van der Waals surface area contributed by atoms with Gasteiger partial charge in [0, 0.05) is 38.4 Å². The minimum atomic E-state index is 0.142. The summed E-state index contributed by atoms with van der Waals surface area (Å²) in [5.41, 5.74) is 1.52. The van der Waals surface area contributed by atoms with Crippen LogP contribution in [0.4, 0.5) is 0 Å². The van der Waals surface area contributed by atoms with E-state index in [1.807, 2.05) is 7.05 Å². The summed E-state index contributed by atoms with van der Waals surface area (Å²) in [6, 6.07) is 11.0. The van der Waals surface area contributed by atoms with Crippen LogP contribution in [0.3, 0.4) is 0 Å². The molecule has 1 fully saturated rings. The van der Waals surface area contributed by atoms with Gasteiger partial charge in [-0.2, -0.15) is 0 Å². The molecule has 1 aliphatic rings. The van der Waals surface area contributed by atoms with Gasteiger partial charge in [0.15, 0.2) is 5.96 Å². The van der Waals surface area contributed by atoms with E-state index in [4.69, 9.17) is 4.74 Å². The number of guanidine groups is 1. The van der Waals surface area contributed by atoms with Gasteiger partial charge in [-0.05, 0) is 52.3 Å². The third-order valence-corrected chi connectivity index (χ3v) is 5.27. The van der Waals surface area contributed by atoms with Crippen molar-refractivity contribution in [1.82, 2.24) is 15.5 Å². The molecule has 140 valence electrons. The van der Waals surface area contributed by atoms with E-state index in [-0.39, 0.29) is 5.54 Å². The van der Waals surface area contributed by atoms with Crippen molar-refractivity contribution in [3.63, 3.8) is 0 Å². The molecule has 0 bridgehead atoms. The molecule has 5 heteroatoms. The lowest BCUT2D eigenvalue weighted by Crippen LogP contribution is -2.57. The Hall–Kier alpha value is -1.59. The number of aliphatic imine (C=N–C) groups is 1. The van der Waals surface area contributed by atoms with E-state index in [1.165, 1.54) is 5.56 Å². The lowest BCUT2D eigenvalue weighted by Gasteiger charge is -2.43. The predicted molar refractivity (Wildman–Crippen MR) is 105 cm³/mol. The van der Waals surface area contributed by atoms with Crippen molar-refractivity contribution in [3.8, 4) is 0 Å². The summed E-state index contributed by atoms with van der Waals surface area (Å²) in [7, 11) is 6.16. The zero-order valence-corrected chi connectivity index (χ0v) is 16.2. The Morgan fingerprint density at radius 1 is 1.24 bits per heavy atom. The number of aryl methyl sites for hydroxylation is 1. The Balaban J connectivity index is 1.81. The van der Waals surface area contributed by atoms with E-state index < -0.39 is 0 Å². The van der Waals surface area contributed by atoms with Gasteiger partial charge in [0.25, 0.3) is 0 Å². The molecule has 25 heavy (non-hydrogen) atoms. The average molecular weight is 347 g/mol. The summed E-state index contributed by atoms with van der Waals surface area (Å²) in [6.07, 6.45) is 4.25. The van der Waals surface area contributed by atoms with Crippen LogP contribution in [0, 0.1) is 0 Å². The number of nitrogens with zero attached hydrogens (tertiary/aromatic N) is 2. The highest BCUT2D eigenvalue weighted by Gasteiger charge is 2.34. The number of likely N-dealkylation sites (N-methyl/N-ethyl adjacent to an activating group) is 1. The summed E-state index contributed by atoms with van der Waals surface area (Å²) in [5.74, 6) is 0.883. The summed E-state index contributed by atoms with van der Waals surface area (Å²) in [6.45, 7) is 4.76. The number of benzene rings is 1. The monoisotopic (exact) mass is 346 g/mol. The van der Waals surface area contributed by atoms with Gasteiger partial charge in [-0.3, -0.25) is 4.99 Å². The van der Waals surface area contributed by atoms with Crippen molar-refractivity contribution in [1.29, 1.82) is 0 Å². The lowest BCUT2D eigenvalue weighted by molar-refractivity contribution is -0.00502. The molecule has 0 radical (unpaired) electrons. The van der Waals surface area contributed by atoms with Crippen LogP contribution in [0.5, 0.6) is 0 Å². The Morgan fingerprint density at radius 2 is 1.92 bits per heavy atom. The molecular formula is C20H34N4O. The van der Waals surface area contributed by atoms with E-state index in [0.29, 0.717) is 6.04 Å². The summed E-state index contributed by atoms with van der Waals surface area (Å²) >= 11 is 0. The third kappa shape index (κ3) is 6.01. The van der Waals surface area contributed by atoms with Crippen molar-refractivity contribution in [2.45, 2.75) is 44.2 Å². The van der Waals surface area contributed by atoms with E-state index in [0.717, 1.165) is 51.4 Å². The molecular weight excluding hydrogens is 312 g/mol. The summed E-state index contributed by atoms with van der Waals surface area (Å²) in [5, 5.41) is 7.05. The fourth-order valence-corrected chi connectivity index (χ4v) is 3.31. The van der Waals surface area contributed by atoms with Crippen molar-refractivity contribution in [2.24, 2.45) is 4.99 Å². The molecule has 0 saturated carbocycles. The highest BCUT2D eigenvalue weighted by Crippen LogP contribution is 2.25. The first-order valence-electron chi connectivity index (χ1n) is 9.32. The zero-order valence-electron chi connectivity index (χ0n) is 16.2. The highest BCUT2D eigenvalue weighted by molar-refractivity contribution is 5.80. The van der Waals surface area contributed by atoms with Crippen LogP contribution in [-0.2, 0) is 11.2 Å². The predicted octanol–water partition coefficient (Wildman–Crippen LogP) is 2.28. The van der Waals surface area contributed by atoms with Crippen LogP contribution in [0.1, 0.15) is 31.7 Å². The first kappa shape index (κ1) is 19.7. The molecule has 5 nitrogen and oxygen atoms in total. The van der Waals surface area contributed by atoms with Crippen molar-refractivity contribution >= 4 is 5.96 Å². The van der Waals surface area contributed by atoms with Gasteiger partial charge in [-0.15, -0.1) is 0 Å². The Bertz CT molecular complexity index is 524. The molecule has 0 aliphatic carbocycles. The molecule has 0 aromatic heterocycles. The van der Waals surface area contributed by atoms with Gasteiger partial charge in [-0.1, -0.05) is 30.3 Å². The Labute approximate surface area is 152 Å². The number of ether oxygens (including phenoxy) is 1. The van der Waals surface area contributed by atoms with Crippen molar-refractivity contribution < 1.29 is 4.74 Å². The van der Waals surface area contributed by atoms with Crippen LogP contribution in [0.2, 0.25) is 0 Å². The number of hydrogen-bond acceptors (Lipinski definition) is 3. The quantitative estimate of drug-likeness (QED) is 0.587. The summed E-state index contributed by atoms with van der Waals surface area (Å²) in [4.78, 5) is 6.73. The van der Waals surface area contributed by atoms with Gasteiger partial charge in [0.2, 0.25) is 0 Å². The molecule has 1 aromatic carbocycles. The maximum Gasteiger partial charge on any atom is 0.191 e. The molecule has 0 amide bonds. The van der Waals surface area contributed by atoms with Crippen LogP contribution in [0.25, 0.3) is 0 Å². The fraction of sp³-hybridized carbons (Fsp3) is 0.650. The van der Waals surface area contributed by atoms with E-state index in [9.17, 15) is 0 Å². The van der Waals surface area contributed by atoms with E-state index in [1.54, 1.807) is 0 Å². The second-order valence-corrected chi connectivity index (χ2v) is 7.23. The fourth-order valence-electron chi connectivity index (χ4n) is 3.31. The standard InChI is InChI=1S/C20H34N4O/c1-17(10-11-18-8-6-5-7-9-18)23-19(21-2)22-16-20(24(3)4)12-14-25-15-13-20/h5-9,17H,10-16H2,1-4H3,(H2,21,22,23). The number of hydrogen-bond donors (Lipinski definition) is 2. The van der Waals surface area contributed by atoms with Gasteiger partial charge in [-0.25, -0.2) is 0 Å². The summed E-state index contributed by atoms with van der Waals surface area (Å²) < 4.78 is 5.55. The molecule has 1 aromatic rings. The van der Waals surface area contributed by atoms with E-state index in [2.05, 4.69) is 71.9 Å². The smallest absolute Gasteiger partial charge is 0.191 e. The molecule has 1 heterocycles. The van der Waals surface area contributed by atoms with Gasteiger partial charge < -0.3 is 20.3 Å². The van der Waals surface area contributed by atoms with Crippen LogP contribution in [0.15, 0.2) is 35.3 Å². The molecule has 1 aliphatic heterocycles. The molecule has 1 saturated heterocycles. The van der Waals surface area contributed by atoms with Crippen LogP contribution >= 0.6 is 0 Å². The average Bonchev–Trinajstić information content (AvgIpc) is 2.65. The maximum absolute atomic E-state index is 5.55. The first-order valence-corrected chi connectivity index (χ1v) is 9.32. The minimum absolute atomic E-state index is 0.142. The highest BCUT2D eigenvalue weighted by atomic mass is 16.5. The van der Waals surface area contributed by atoms with Gasteiger partial charge in [0.1, 0.15) is 0 Å². The largest absolute Gasteiger partial charge is 0.381 e. The van der Waals surface area contributed by atoms with E-state index >= 15 is 0 Å². The van der Waals surface area contributed by atoms with Crippen LogP contribution < -0.4 is 10.6 Å². The first-order chi connectivity index (χ1) is 12.1. The molecule has 2 rings (SSSR count). The molecule has 1 unspecified atom stereocenters.